The van der Waals surface area contributed by atoms with Gasteiger partial charge in [-0.05, 0) is 41.9 Å². The van der Waals surface area contributed by atoms with E-state index in [2.05, 4.69) is 54.1 Å². The number of halogens is 1. The Bertz CT molecular complexity index is 907. The SMILES string of the molecule is CC(C)(C)[Si](C)(C)Oc1cccc2c(NCc3cocn3)nc(Cl)nc12. The maximum absolute atomic E-state index is 6.47. The van der Waals surface area contributed by atoms with Crippen LogP contribution in [0.5, 0.6) is 5.75 Å². The molecule has 0 aliphatic heterocycles. The molecule has 3 rings (SSSR count). The maximum atomic E-state index is 6.47. The zero-order valence-corrected chi connectivity index (χ0v) is 17.4. The number of aromatic nitrogens is 3. The van der Waals surface area contributed by atoms with Crippen LogP contribution in [0.1, 0.15) is 26.5 Å². The van der Waals surface area contributed by atoms with Crippen LogP contribution in [0.15, 0.2) is 35.3 Å². The van der Waals surface area contributed by atoms with Crippen LogP contribution in [0.25, 0.3) is 10.9 Å². The first kappa shape index (κ1) is 18.7. The molecule has 0 saturated heterocycles. The Balaban J connectivity index is 1.99. The van der Waals surface area contributed by atoms with E-state index >= 15 is 0 Å². The van der Waals surface area contributed by atoms with Gasteiger partial charge in [0.05, 0.1) is 12.2 Å². The van der Waals surface area contributed by atoms with Crippen molar-refractivity contribution < 1.29 is 8.84 Å². The van der Waals surface area contributed by atoms with Gasteiger partial charge in [0.15, 0.2) is 6.39 Å². The highest BCUT2D eigenvalue weighted by Crippen LogP contribution is 2.39. The predicted octanol–water partition coefficient (Wildman–Crippen LogP) is 5.27. The molecular weight excluding hydrogens is 368 g/mol. The molecular formula is C18H23ClN4O2Si. The van der Waals surface area contributed by atoms with Crippen molar-refractivity contribution in [2.75, 3.05) is 5.32 Å². The van der Waals surface area contributed by atoms with Crippen molar-refractivity contribution in [2.45, 2.75) is 45.4 Å². The highest BCUT2D eigenvalue weighted by atomic mass is 35.5. The summed E-state index contributed by atoms with van der Waals surface area (Å²) >= 11 is 6.18. The minimum absolute atomic E-state index is 0.0834. The molecule has 3 aromatic rings. The summed E-state index contributed by atoms with van der Waals surface area (Å²) < 4.78 is 11.5. The lowest BCUT2D eigenvalue weighted by Crippen LogP contribution is -2.43. The predicted molar refractivity (Wildman–Crippen MR) is 106 cm³/mol. The van der Waals surface area contributed by atoms with Gasteiger partial charge < -0.3 is 14.2 Å². The Hall–Kier alpha value is -2.12. The number of anilines is 1. The van der Waals surface area contributed by atoms with Crippen molar-refractivity contribution in [1.29, 1.82) is 0 Å². The van der Waals surface area contributed by atoms with Gasteiger partial charge in [-0.2, -0.15) is 0 Å². The van der Waals surface area contributed by atoms with E-state index in [4.69, 9.17) is 20.4 Å². The van der Waals surface area contributed by atoms with Crippen molar-refractivity contribution in [3.63, 3.8) is 0 Å². The fraction of sp³-hybridized carbons (Fsp3) is 0.389. The number of hydrogen-bond donors (Lipinski definition) is 1. The third-order valence-corrected chi connectivity index (χ3v) is 9.27. The molecule has 8 heteroatoms. The fourth-order valence-corrected chi connectivity index (χ4v) is 3.43. The first-order valence-electron chi connectivity index (χ1n) is 8.43. The van der Waals surface area contributed by atoms with Gasteiger partial charge in [-0.25, -0.2) is 15.0 Å². The third-order valence-electron chi connectivity index (χ3n) is 4.75. The molecule has 0 saturated carbocycles. The minimum Gasteiger partial charge on any atom is -0.542 e. The van der Waals surface area contributed by atoms with E-state index < -0.39 is 8.32 Å². The second-order valence-corrected chi connectivity index (χ2v) is 12.8. The molecule has 0 fully saturated rings. The summed E-state index contributed by atoms with van der Waals surface area (Å²) in [5, 5.41) is 4.36. The number of hydrogen-bond acceptors (Lipinski definition) is 6. The molecule has 138 valence electrons. The van der Waals surface area contributed by atoms with Crippen molar-refractivity contribution in [1.82, 2.24) is 15.0 Å². The van der Waals surface area contributed by atoms with Gasteiger partial charge in [-0.15, -0.1) is 0 Å². The smallest absolute Gasteiger partial charge is 0.250 e. The molecule has 0 atom stereocenters. The number of rotatable bonds is 5. The standard InChI is InChI=1S/C18H23ClN4O2Si/c1-18(2,3)26(4,5)25-14-8-6-7-13-15(14)22-17(19)23-16(13)20-9-12-10-24-11-21-12/h6-8,10-11H,9H2,1-5H3,(H,20,22,23). The van der Waals surface area contributed by atoms with Crippen LogP contribution in [0.2, 0.25) is 23.4 Å². The molecule has 0 amide bonds. The van der Waals surface area contributed by atoms with Crippen molar-refractivity contribution in [3.8, 4) is 5.75 Å². The minimum atomic E-state index is -2.01. The maximum Gasteiger partial charge on any atom is 0.250 e. The summed E-state index contributed by atoms with van der Waals surface area (Å²) in [6, 6.07) is 5.84. The molecule has 2 aromatic heterocycles. The summed E-state index contributed by atoms with van der Waals surface area (Å²) in [6.07, 6.45) is 2.98. The molecule has 0 unspecified atom stereocenters. The first-order valence-corrected chi connectivity index (χ1v) is 11.7. The van der Waals surface area contributed by atoms with Crippen molar-refractivity contribution in [3.05, 3.63) is 41.8 Å². The molecule has 0 aliphatic rings. The number of fused-ring (bicyclic) bond motifs is 1. The molecule has 0 radical (unpaired) electrons. The number of nitrogens with zero attached hydrogens (tertiary/aromatic N) is 3. The first-order chi connectivity index (χ1) is 12.2. The van der Waals surface area contributed by atoms with Crippen molar-refractivity contribution in [2.24, 2.45) is 0 Å². The molecule has 1 aromatic carbocycles. The van der Waals surface area contributed by atoms with Crippen LogP contribution in [-0.2, 0) is 6.54 Å². The van der Waals surface area contributed by atoms with Crippen LogP contribution in [-0.4, -0.2) is 23.3 Å². The lowest BCUT2D eigenvalue weighted by Gasteiger charge is -2.36. The summed E-state index contributed by atoms with van der Waals surface area (Å²) in [5.41, 5.74) is 1.49. The highest BCUT2D eigenvalue weighted by Gasteiger charge is 2.39. The van der Waals surface area contributed by atoms with E-state index in [1.165, 1.54) is 6.39 Å². The Labute approximate surface area is 159 Å². The van der Waals surface area contributed by atoms with E-state index in [0.717, 1.165) is 16.8 Å². The highest BCUT2D eigenvalue weighted by molar-refractivity contribution is 6.74. The summed E-state index contributed by atoms with van der Waals surface area (Å²) in [6.45, 7) is 11.5. The van der Waals surface area contributed by atoms with Crippen LogP contribution < -0.4 is 9.74 Å². The quantitative estimate of drug-likeness (QED) is 0.472. The Kier molecular flexibility index (Phi) is 4.94. The van der Waals surface area contributed by atoms with Crippen molar-refractivity contribution >= 4 is 36.6 Å². The molecule has 0 spiro atoms. The molecule has 1 N–H and O–H groups in total. The Morgan fingerprint density at radius 1 is 1.23 bits per heavy atom. The molecule has 6 nitrogen and oxygen atoms in total. The van der Waals surface area contributed by atoms with Crippen LogP contribution in [0.3, 0.4) is 0 Å². The van der Waals surface area contributed by atoms with E-state index in [9.17, 15) is 0 Å². The number of benzene rings is 1. The average Bonchev–Trinajstić information content (AvgIpc) is 3.05. The van der Waals surface area contributed by atoms with Gasteiger partial charge in [-0.1, -0.05) is 26.8 Å². The summed E-state index contributed by atoms with van der Waals surface area (Å²) in [4.78, 5) is 12.9. The average molecular weight is 391 g/mol. The number of nitrogens with one attached hydrogen (secondary N) is 1. The molecule has 0 aliphatic carbocycles. The number of para-hydroxylation sites is 1. The summed E-state index contributed by atoms with van der Waals surface area (Å²) in [5.74, 6) is 1.38. The number of oxazole rings is 1. The van der Waals surface area contributed by atoms with Crippen LogP contribution in [0, 0.1) is 0 Å². The second-order valence-electron chi connectivity index (χ2n) is 7.69. The summed E-state index contributed by atoms with van der Waals surface area (Å²) in [7, 11) is -2.01. The van der Waals surface area contributed by atoms with E-state index in [1.807, 2.05) is 18.2 Å². The van der Waals surface area contributed by atoms with Gasteiger partial charge in [0.1, 0.15) is 23.3 Å². The lowest BCUT2D eigenvalue weighted by atomic mass is 10.2. The zero-order valence-electron chi connectivity index (χ0n) is 15.6. The molecule has 0 bridgehead atoms. The fourth-order valence-electron chi connectivity index (χ4n) is 2.24. The monoisotopic (exact) mass is 390 g/mol. The third kappa shape index (κ3) is 3.83. The molecule has 2 heterocycles. The largest absolute Gasteiger partial charge is 0.542 e. The normalized spacial score (nSPS) is 12.4. The van der Waals surface area contributed by atoms with Gasteiger partial charge in [0.2, 0.25) is 5.28 Å². The zero-order chi connectivity index (χ0) is 18.9. The van der Waals surface area contributed by atoms with E-state index in [0.29, 0.717) is 17.9 Å². The molecule has 26 heavy (non-hydrogen) atoms. The van der Waals surface area contributed by atoms with Gasteiger partial charge >= 0.3 is 0 Å². The Morgan fingerprint density at radius 2 is 2.00 bits per heavy atom. The topological polar surface area (TPSA) is 73.1 Å². The van der Waals surface area contributed by atoms with Gasteiger partial charge in [0.25, 0.3) is 8.32 Å². The lowest BCUT2D eigenvalue weighted by molar-refractivity contribution is 0.495. The van der Waals surface area contributed by atoms with E-state index in [-0.39, 0.29) is 10.3 Å². The second kappa shape index (κ2) is 6.89. The van der Waals surface area contributed by atoms with E-state index in [1.54, 1.807) is 6.26 Å². The van der Waals surface area contributed by atoms with Crippen LogP contribution in [0.4, 0.5) is 5.82 Å². The van der Waals surface area contributed by atoms with Gasteiger partial charge in [-0.3, -0.25) is 0 Å². The Morgan fingerprint density at radius 3 is 2.65 bits per heavy atom. The van der Waals surface area contributed by atoms with Gasteiger partial charge in [0, 0.05) is 5.39 Å². The van der Waals surface area contributed by atoms with Crippen LogP contribution >= 0.6 is 11.6 Å².